The van der Waals surface area contributed by atoms with Gasteiger partial charge in [0.15, 0.2) is 0 Å². The number of alkyl halides is 3. The summed E-state index contributed by atoms with van der Waals surface area (Å²) < 4.78 is 38.1. The van der Waals surface area contributed by atoms with Gasteiger partial charge in [-0.25, -0.2) is 0 Å². The van der Waals surface area contributed by atoms with Gasteiger partial charge in [-0.2, -0.15) is 13.2 Å². The lowest BCUT2D eigenvalue weighted by Crippen LogP contribution is -2.23. The molecule has 1 aliphatic rings. The predicted molar refractivity (Wildman–Crippen MR) is 51.9 cm³/mol. The third-order valence-electron chi connectivity index (χ3n) is 2.38. The lowest BCUT2D eigenvalue weighted by Gasteiger charge is -2.26. The van der Waals surface area contributed by atoms with E-state index in [0.29, 0.717) is 12.1 Å². The first kappa shape index (κ1) is 10.1. The van der Waals surface area contributed by atoms with Gasteiger partial charge in [0.25, 0.3) is 0 Å². The van der Waals surface area contributed by atoms with E-state index in [4.69, 9.17) is 0 Å². The molecule has 80 valence electrons. The fourth-order valence-corrected chi connectivity index (χ4v) is 1.75. The average molecular weight is 213 g/mol. The van der Waals surface area contributed by atoms with Crippen molar-refractivity contribution >= 4 is 5.57 Å². The van der Waals surface area contributed by atoms with Gasteiger partial charge in [0.1, 0.15) is 0 Å². The highest BCUT2D eigenvalue weighted by Gasteiger charge is 2.37. The molecule has 0 saturated carbocycles. The van der Waals surface area contributed by atoms with E-state index in [1.165, 1.54) is 6.07 Å². The zero-order valence-corrected chi connectivity index (χ0v) is 8.17. The Morgan fingerprint density at radius 2 is 1.87 bits per heavy atom. The smallest absolute Gasteiger partial charge is 0.376 e. The number of hydrogen-bond acceptors (Lipinski definition) is 1. The second-order valence-electron chi connectivity index (χ2n) is 3.61. The van der Waals surface area contributed by atoms with E-state index in [9.17, 15) is 13.2 Å². The Morgan fingerprint density at radius 1 is 1.20 bits per heavy atom. The van der Waals surface area contributed by atoms with Crippen LogP contribution in [0.25, 0.3) is 5.57 Å². The Hall–Kier alpha value is -1.45. The molecule has 4 heteroatoms. The molecule has 15 heavy (non-hydrogen) atoms. The first-order chi connectivity index (χ1) is 6.98. The van der Waals surface area contributed by atoms with Crippen LogP contribution < -0.4 is 0 Å². The van der Waals surface area contributed by atoms with Crippen molar-refractivity contribution in [1.82, 2.24) is 4.90 Å². The Balaban J connectivity index is 2.54. The molecule has 2 rings (SSSR count). The summed E-state index contributed by atoms with van der Waals surface area (Å²) in [5.41, 5.74) is 0.449. The number of halogens is 3. The van der Waals surface area contributed by atoms with Crippen LogP contribution in [0, 0.1) is 0 Å². The molecular weight excluding hydrogens is 203 g/mol. The Kier molecular flexibility index (Phi) is 2.21. The maximum Gasteiger partial charge on any atom is 0.418 e. The molecule has 0 aliphatic carbocycles. The van der Waals surface area contributed by atoms with E-state index in [0.717, 1.165) is 11.8 Å². The SMILES string of the molecule is CN1C=C(C(F)(F)F)c2ccccc2C1. The summed E-state index contributed by atoms with van der Waals surface area (Å²) in [4.78, 5) is 1.55. The molecule has 0 radical (unpaired) electrons. The molecule has 1 aliphatic heterocycles. The summed E-state index contributed by atoms with van der Waals surface area (Å²) in [6.07, 6.45) is -3.13. The lowest BCUT2D eigenvalue weighted by atomic mass is 9.97. The minimum Gasteiger partial charge on any atom is -0.376 e. The highest BCUT2D eigenvalue weighted by molar-refractivity contribution is 5.73. The van der Waals surface area contributed by atoms with E-state index >= 15 is 0 Å². The molecule has 0 atom stereocenters. The second kappa shape index (κ2) is 3.29. The van der Waals surface area contributed by atoms with Crippen molar-refractivity contribution in [3.05, 3.63) is 41.6 Å². The van der Waals surface area contributed by atoms with Gasteiger partial charge in [-0.1, -0.05) is 24.3 Å². The monoisotopic (exact) mass is 213 g/mol. The molecule has 0 spiro atoms. The number of allylic oxidation sites excluding steroid dienone is 1. The molecule has 1 nitrogen and oxygen atoms in total. The Morgan fingerprint density at radius 3 is 2.53 bits per heavy atom. The third kappa shape index (κ3) is 1.84. The molecule has 0 aromatic heterocycles. The molecule has 1 aromatic carbocycles. The number of fused-ring (bicyclic) bond motifs is 1. The van der Waals surface area contributed by atoms with E-state index in [1.807, 2.05) is 0 Å². The third-order valence-corrected chi connectivity index (χ3v) is 2.38. The number of rotatable bonds is 0. The normalized spacial score (nSPS) is 16.0. The van der Waals surface area contributed by atoms with Gasteiger partial charge < -0.3 is 4.90 Å². The van der Waals surface area contributed by atoms with Gasteiger partial charge >= 0.3 is 6.18 Å². The molecule has 0 fully saturated rings. The molecule has 1 heterocycles. The van der Waals surface area contributed by atoms with Crippen LogP contribution in [0.5, 0.6) is 0 Å². The summed E-state index contributed by atoms with van der Waals surface area (Å²) in [5.74, 6) is 0. The second-order valence-corrected chi connectivity index (χ2v) is 3.61. The van der Waals surface area contributed by atoms with E-state index in [-0.39, 0.29) is 0 Å². The van der Waals surface area contributed by atoms with Gasteiger partial charge in [0, 0.05) is 19.8 Å². The Bertz CT molecular complexity index is 407. The van der Waals surface area contributed by atoms with Gasteiger partial charge in [0.05, 0.1) is 5.57 Å². The minimum atomic E-state index is -4.29. The zero-order valence-electron chi connectivity index (χ0n) is 8.17. The summed E-state index contributed by atoms with van der Waals surface area (Å²) in [7, 11) is 1.64. The van der Waals surface area contributed by atoms with Crippen molar-refractivity contribution in [1.29, 1.82) is 0 Å². The maximum atomic E-state index is 12.7. The molecule has 0 amide bonds. The average Bonchev–Trinajstić information content (AvgIpc) is 2.15. The number of nitrogens with zero attached hydrogens (tertiary/aromatic N) is 1. The molecular formula is C11H10F3N. The van der Waals surface area contributed by atoms with Gasteiger partial charge in [0.2, 0.25) is 0 Å². The highest BCUT2D eigenvalue weighted by atomic mass is 19.4. The first-order valence-electron chi connectivity index (χ1n) is 4.56. The van der Waals surface area contributed by atoms with Crippen molar-refractivity contribution in [2.75, 3.05) is 7.05 Å². The molecule has 1 aromatic rings. The number of benzene rings is 1. The van der Waals surface area contributed by atoms with Crippen molar-refractivity contribution in [3.63, 3.8) is 0 Å². The maximum absolute atomic E-state index is 12.7. The fraction of sp³-hybridized carbons (Fsp3) is 0.273. The lowest BCUT2D eigenvalue weighted by molar-refractivity contribution is -0.0700. The van der Waals surface area contributed by atoms with Crippen LogP contribution in [0.1, 0.15) is 11.1 Å². The van der Waals surface area contributed by atoms with Crippen molar-refractivity contribution in [3.8, 4) is 0 Å². The van der Waals surface area contributed by atoms with E-state index in [1.54, 1.807) is 30.1 Å². The zero-order chi connectivity index (χ0) is 11.1. The van der Waals surface area contributed by atoms with Crippen LogP contribution in [-0.2, 0) is 6.54 Å². The summed E-state index contributed by atoms with van der Waals surface area (Å²) in [6, 6.07) is 6.63. The highest BCUT2D eigenvalue weighted by Crippen LogP contribution is 2.38. The largest absolute Gasteiger partial charge is 0.418 e. The first-order valence-corrected chi connectivity index (χ1v) is 4.56. The summed E-state index contributed by atoms with van der Waals surface area (Å²) in [6.45, 7) is 0.524. The summed E-state index contributed by atoms with van der Waals surface area (Å²) >= 11 is 0. The molecule has 0 unspecified atom stereocenters. The molecule has 0 saturated heterocycles. The standard InChI is InChI=1S/C11H10F3N/c1-15-6-8-4-2-3-5-9(8)10(7-15)11(12,13)14/h2-5,7H,6H2,1H3. The quantitative estimate of drug-likeness (QED) is 0.640. The van der Waals surface area contributed by atoms with Crippen LogP contribution in [0.15, 0.2) is 30.5 Å². The topological polar surface area (TPSA) is 3.24 Å². The number of hydrogen-bond donors (Lipinski definition) is 0. The molecule has 0 N–H and O–H groups in total. The fourth-order valence-electron chi connectivity index (χ4n) is 1.75. The van der Waals surface area contributed by atoms with Gasteiger partial charge in [-0.05, 0) is 11.1 Å². The minimum absolute atomic E-state index is 0.295. The van der Waals surface area contributed by atoms with Crippen molar-refractivity contribution < 1.29 is 13.2 Å². The van der Waals surface area contributed by atoms with E-state index in [2.05, 4.69) is 0 Å². The summed E-state index contributed by atoms with van der Waals surface area (Å²) in [5, 5.41) is 0. The van der Waals surface area contributed by atoms with Gasteiger partial charge in [-0.3, -0.25) is 0 Å². The molecule has 0 bridgehead atoms. The van der Waals surface area contributed by atoms with Crippen molar-refractivity contribution in [2.45, 2.75) is 12.7 Å². The van der Waals surface area contributed by atoms with Crippen molar-refractivity contribution in [2.24, 2.45) is 0 Å². The van der Waals surface area contributed by atoms with Crippen LogP contribution in [0.2, 0.25) is 0 Å². The van der Waals surface area contributed by atoms with Gasteiger partial charge in [-0.15, -0.1) is 0 Å². The van der Waals surface area contributed by atoms with E-state index < -0.39 is 11.7 Å². The van der Waals surface area contributed by atoms with Crippen LogP contribution in [0.4, 0.5) is 13.2 Å². The Labute approximate surface area is 85.8 Å². The predicted octanol–water partition coefficient (Wildman–Crippen LogP) is 3.04. The van der Waals surface area contributed by atoms with Crippen LogP contribution >= 0.6 is 0 Å². The van der Waals surface area contributed by atoms with Crippen LogP contribution in [0.3, 0.4) is 0 Å². The van der Waals surface area contributed by atoms with Crippen LogP contribution in [-0.4, -0.2) is 18.1 Å².